The highest BCUT2D eigenvalue weighted by atomic mass is 32.1. The Hall–Kier alpha value is -1.22. The molecule has 0 amide bonds. The molecule has 0 aliphatic rings. The van der Waals surface area contributed by atoms with Crippen LogP contribution >= 0.6 is 11.3 Å². The fraction of sp³-hybridized carbons (Fsp3) is 0.400. The van der Waals surface area contributed by atoms with Crippen molar-refractivity contribution in [2.24, 2.45) is 0 Å². The number of hydrogen-bond acceptors (Lipinski definition) is 2. The van der Waals surface area contributed by atoms with Crippen molar-refractivity contribution in [2.45, 2.75) is 39.0 Å². The maximum atomic E-state index is 12.8. The van der Waals surface area contributed by atoms with Gasteiger partial charge in [0, 0.05) is 10.9 Å². The van der Waals surface area contributed by atoms with Gasteiger partial charge in [-0.1, -0.05) is 26.2 Å². The number of thiazole rings is 1. The number of aromatic nitrogens is 1. The number of hydrogen-bond donors (Lipinski definition) is 0. The number of nitrogens with zero attached hydrogens (tertiary/aromatic N) is 1. The molecule has 0 aliphatic carbocycles. The van der Waals surface area contributed by atoms with Gasteiger partial charge in [0.25, 0.3) is 0 Å². The second-order valence-electron chi connectivity index (χ2n) is 4.46. The van der Waals surface area contributed by atoms with E-state index >= 15 is 0 Å². The zero-order chi connectivity index (χ0) is 12.8. The van der Waals surface area contributed by atoms with Crippen molar-refractivity contribution in [2.75, 3.05) is 0 Å². The van der Waals surface area contributed by atoms with Crippen molar-refractivity contribution in [3.8, 4) is 10.6 Å². The van der Waals surface area contributed by atoms with E-state index in [9.17, 15) is 4.39 Å². The van der Waals surface area contributed by atoms with Crippen molar-refractivity contribution in [1.82, 2.24) is 4.98 Å². The molecule has 0 fully saturated rings. The Bertz CT molecular complexity index is 475. The molecule has 0 unspecified atom stereocenters. The van der Waals surface area contributed by atoms with Gasteiger partial charge in [0.05, 0.1) is 5.69 Å². The SMILES string of the molecule is CCCCCCc1csc(-c2ccc(F)cc2)n1. The number of rotatable bonds is 6. The fourth-order valence-electron chi connectivity index (χ4n) is 1.88. The highest BCUT2D eigenvalue weighted by Gasteiger charge is 2.04. The van der Waals surface area contributed by atoms with E-state index in [1.807, 2.05) is 0 Å². The van der Waals surface area contributed by atoms with Gasteiger partial charge < -0.3 is 0 Å². The fourth-order valence-corrected chi connectivity index (χ4v) is 2.74. The molecule has 1 heterocycles. The van der Waals surface area contributed by atoms with E-state index in [0.29, 0.717) is 0 Å². The molecule has 2 rings (SSSR count). The Morgan fingerprint density at radius 1 is 1.11 bits per heavy atom. The topological polar surface area (TPSA) is 12.9 Å². The van der Waals surface area contributed by atoms with Gasteiger partial charge in [0.1, 0.15) is 10.8 Å². The van der Waals surface area contributed by atoms with Crippen LogP contribution in [-0.4, -0.2) is 4.98 Å². The molecule has 96 valence electrons. The van der Waals surface area contributed by atoms with Crippen molar-refractivity contribution in [3.05, 3.63) is 41.2 Å². The van der Waals surface area contributed by atoms with Gasteiger partial charge in [-0.25, -0.2) is 9.37 Å². The molecule has 1 aromatic carbocycles. The second-order valence-corrected chi connectivity index (χ2v) is 5.32. The summed E-state index contributed by atoms with van der Waals surface area (Å²) < 4.78 is 12.8. The molecule has 1 nitrogen and oxygen atoms in total. The second kappa shape index (κ2) is 6.64. The average molecular weight is 263 g/mol. The number of benzene rings is 1. The molecule has 3 heteroatoms. The van der Waals surface area contributed by atoms with Crippen molar-refractivity contribution >= 4 is 11.3 Å². The maximum absolute atomic E-state index is 12.8. The molecule has 0 radical (unpaired) electrons. The van der Waals surface area contributed by atoms with E-state index in [1.54, 1.807) is 23.5 Å². The molecular weight excluding hydrogens is 245 g/mol. The minimum absolute atomic E-state index is 0.199. The van der Waals surface area contributed by atoms with Crippen LogP contribution in [0.2, 0.25) is 0 Å². The standard InChI is InChI=1S/C15H18FNS/c1-2-3-4-5-6-14-11-18-15(17-14)12-7-9-13(16)10-8-12/h7-11H,2-6H2,1H3. The van der Waals surface area contributed by atoms with Crippen LogP contribution in [-0.2, 0) is 6.42 Å². The third-order valence-electron chi connectivity index (χ3n) is 2.93. The summed E-state index contributed by atoms with van der Waals surface area (Å²) in [5.74, 6) is -0.199. The van der Waals surface area contributed by atoms with E-state index in [0.717, 1.165) is 22.7 Å². The maximum Gasteiger partial charge on any atom is 0.123 e. The Labute approximate surface area is 112 Å². The number of unbranched alkanes of at least 4 members (excludes halogenated alkanes) is 3. The third kappa shape index (κ3) is 3.64. The van der Waals surface area contributed by atoms with Crippen LogP contribution in [0.1, 0.15) is 38.3 Å². The summed E-state index contributed by atoms with van der Waals surface area (Å²) in [5.41, 5.74) is 2.16. The van der Waals surface area contributed by atoms with E-state index in [1.165, 1.54) is 37.8 Å². The van der Waals surface area contributed by atoms with Crippen LogP contribution < -0.4 is 0 Å². The molecule has 2 aromatic rings. The summed E-state index contributed by atoms with van der Waals surface area (Å²) in [6.45, 7) is 2.22. The Kier molecular flexibility index (Phi) is 4.88. The molecule has 0 bridgehead atoms. The molecule has 0 spiro atoms. The van der Waals surface area contributed by atoms with E-state index in [4.69, 9.17) is 0 Å². The van der Waals surface area contributed by atoms with Gasteiger partial charge in [-0.2, -0.15) is 0 Å². The summed E-state index contributed by atoms with van der Waals surface area (Å²) in [6, 6.07) is 6.54. The monoisotopic (exact) mass is 263 g/mol. The molecule has 1 aromatic heterocycles. The highest BCUT2D eigenvalue weighted by Crippen LogP contribution is 2.24. The molecule has 0 atom stereocenters. The molecular formula is C15H18FNS. The van der Waals surface area contributed by atoms with E-state index in [2.05, 4.69) is 17.3 Å². The lowest BCUT2D eigenvalue weighted by molar-refractivity contribution is 0.628. The first-order valence-corrected chi connectivity index (χ1v) is 7.38. The van der Waals surface area contributed by atoms with Gasteiger partial charge in [-0.3, -0.25) is 0 Å². The van der Waals surface area contributed by atoms with Crippen molar-refractivity contribution in [3.63, 3.8) is 0 Å². The van der Waals surface area contributed by atoms with Crippen LogP contribution in [0, 0.1) is 5.82 Å². The first-order valence-electron chi connectivity index (χ1n) is 6.50. The minimum atomic E-state index is -0.199. The smallest absolute Gasteiger partial charge is 0.123 e. The Morgan fingerprint density at radius 2 is 1.89 bits per heavy atom. The van der Waals surface area contributed by atoms with Gasteiger partial charge in [0.15, 0.2) is 0 Å². The van der Waals surface area contributed by atoms with Gasteiger partial charge in [-0.05, 0) is 37.1 Å². The summed E-state index contributed by atoms with van der Waals surface area (Å²) >= 11 is 1.64. The summed E-state index contributed by atoms with van der Waals surface area (Å²) in [7, 11) is 0. The summed E-state index contributed by atoms with van der Waals surface area (Å²) in [5, 5.41) is 3.10. The molecule has 0 N–H and O–H groups in total. The third-order valence-corrected chi connectivity index (χ3v) is 3.87. The van der Waals surface area contributed by atoms with E-state index < -0.39 is 0 Å². The van der Waals surface area contributed by atoms with Crippen LogP contribution in [0.25, 0.3) is 10.6 Å². The molecule has 0 aliphatic heterocycles. The quantitative estimate of drug-likeness (QED) is 0.663. The predicted molar refractivity (Wildman–Crippen MR) is 75.4 cm³/mol. The zero-order valence-electron chi connectivity index (χ0n) is 10.7. The van der Waals surface area contributed by atoms with Crippen LogP contribution in [0.15, 0.2) is 29.6 Å². The van der Waals surface area contributed by atoms with Gasteiger partial charge in [0.2, 0.25) is 0 Å². The molecule has 0 saturated carbocycles. The van der Waals surface area contributed by atoms with Crippen LogP contribution in [0.3, 0.4) is 0 Å². The van der Waals surface area contributed by atoms with Gasteiger partial charge >= 0.3 is 0 Å². The average Bonchev–Trinajstić information content (AvgIpc) is 2.84. The van der Waals surface area contributed by atoms with Crippen molar-refractivity contribution in [1.29, 1.82) is 0 Å². The van der Waals surface area contributed by atoms with Crippen molar-refractivity contribution < 1.29 is 4.39 Å². The number of aryl methyl sites for hydroxylation is 1. The van der Waals surface area contributed by atoms with Crippen LogP contribution in [0.5, 0.6) is 0 Å². The highest BCUT2D eigenvalue weighted by molar-refractivity contribution is 7.13. The lowest BCUT2D eigenvalue weighted by Gasteiger charge is -1.97. The predicted octanol–water partition coefficient (Wildman–Crippen LogP) is 5.07. The first-order chi connectivity index (χ1) is 8.79. The summed E-state index contributed by atoms with van der Waals surface area (Å²) in [4.78, 5) is 4.60. The largest absolute Gasteiger partial charge is 0.241 e. The van der Waals surface area contributed by atoms with Gasteiger partial charge in [-0.15, -0.1) is 11.3 Å². The Morgan fingerprint density at radius 3 is 2.61 bits per heavy atom. The minimum Gasteiger partial charge on any atom is -0.241 e. The zero-order valence-corrected chi connectivity index (χ0v) is 11.5. The normalized spacial score (nSPS) is 10.8. The lowest BCUT2D eigenvalue weighted by atomic mass is 10.1. The van der Waals surface area contributed by atoms with Crippen LogP contribution in [0.4, 0.5) is 4.39 Å². The summed E-state index contributed by atoms with van der Waals surface area (Å²) in [6.07, 6.45) is 6.10. The first kappa shape index (κ1) is 13.2. The number of halogens is 1. The molecule has 18 heavy (non-hydrogen) atoms. The van der Waals surface area contributed by atoms with E-state index in [-0.39, 0.29) is 5.82 Å². The molecule has 0 saturated heterocycles. The lowest BCUT2D eigenvalue weighted by Crippen LogP contribution is -1.86. The Balaban J connectivity index is 1.95.